The zero-order valence-electron chi connectivity index (χ0n) is 15.1. The lowest BCUT2D eigenvalue weighted by molar-refractivity contribution is 0.0936. The molecule has 2 aromatic heterocycles. The lowest BCUT2D eigenvalue weighted by Gasteiger charge is -2.23. The molecule has 138 valence electrons. The average Bonchev–Trinajstić information content (AvgIpc) is 3.24. The molecule has 1 fully saturated rings. The van der Waals surface area contributed by atoms with E-state index >= 15 is 0 Å². The Labute approximate surface area is 158 Å². The molecule has 1 aliphatic rings. The molecule has 1 amide bonds. The number of carbonyl (C=O) groups excluding carboxylic acids is 1. The van der Waals surface area contributed by atoms with Crippen LogP contribution in [0.1, 0.15) is 46.5 Å². The Morgan fingerprint density at radius 3 is 2.74 bits per heavy atom. The maximum Gasteiger partial charge on any atom is 0.272 e. The molecule has 0 bridgehead atoms. The second-order valence-electron chi connectivity index (χ2n) is 6.78. The minimum Gasteiger partial charge on any atom is -0.340 e. The van der Waals surface area contributed by atoms with Crippen LogP contribution in [-0.2, 0) is 0 Å². The number of amides is 1. The second-order valence-corrected chi connectivity index (χ2v) is 6.78. The van der Waals surface area contributed by atoms with E-state index in [1.165, 1.54) is 0 Å². The van der Waals surface area contributed by atoms with Crippen LogP contribution in [0.25, 0.3) is 0 Å². The van der Waals surface area contributed by atoms with Crippen LogP contribution >= 0.6 is 0 Å². The van der Waals surface area contributed by atoms with E-state index < -0.39 is 0 Å². The molecular weight excluding hydrogens is 338 g/mol. The number of piperidine rings is 1. The Morgan fingerprint density at radius 2 is 2.00 bits per heavy atom. The summed E-state index contributed by atoms with van der Waals surface area (Å²) in [5.74, 6) is -0.185. The zero-order chi connectivity index (χ0) is 18.5. The molecule has 6 heteroatoms. The van der Waals surface area contributed by atoms with Gasteiger partial charge in [-0.3, -0.25) is 14.5 Å². The SMILES string of the molecule is O=C(NC(c1ccccc1)c1cccnc1)c1ccn(C2CCCNC2)n1. The quantitative estimate of drug-likeness (QED) is 0.733. The van der Waals surface area contributed by atoms with Crippen LogP contribution in [0.2, 0.25) is 0 Å². The summed E-state index contributed by atoms with van der Waals surface area (Å²) in [4.78, 5) is 17.1. The number of aromatic nitrogens is 3. The van der Waals surface area contributed by atoms with Gasteiger partial charge in [-0.05, 0) is 42.6 Å². The van der Waals surface area contributed by atoms with Crippen molar-refractivity contribution in [1.29, 1.82) is 0 Å². The lowest BCUT2D eigenvalue weighted by Crippen LogP contribution is -2.32. The van der Waals surface area contributed by atoms with Crippen LogP contribution in [0.15, 0.2) is 67.1 Å². The van der Waals surface area contributed by atoms with Gasteiger partial charge in [-0.25, -0.2) is 0 Å². The third-order valence-electron chi connectivity index (χ3n) is 4.91. The predicted molar refractivity (Wildman–Crippen MR) is 103 cm³/mol. The van der Waals surface area contributed by atoms with E-state index in [0.29, 0.717) is 11.7 Å². The first-order valence-corrected chi connectivity index (χ1v) is 9.33. The monoisotopic (exact) mass is 361 g/mol. The summed E-state index contributed by atoms with van der Waals surface area (Å²) >= 11 is 0. The summed E-state index contributed by atoms with van der Waals surface area (Å²) < 4.78 is 1.91. The molecule has 0 saturated carbocycles. The van der Waals surface area contributed by atoms with E-state index in [1.54, 1.807) is 18.5 Å². The largest absolute Gasteiger partial charge is 0.340 e. The normalized spacial score (nSPS) is 18.0. The highest BCUT2D eigenvalue weighted by atomic mass is 16.2. The third kappa shape index (κ3) is 4.06. The number of carbonyl (C=O) groups is 1. The van der Waals surface area contributed by atoms with Gasteiger partial charge in [0.25, 0.3) is 5.91 Å². The standard InChI is InChI=1S/C21H23N5O/c27-21(19-10-13-26(25-19)18-9-5-12-23-15-18)24-20(16-6-2-1-3-7-16)17-8-4-11-22-14-17/h1-4,6-8,10-11,13-14,18,20,23H,5,9,12,15H2,(H,24,27). The van der Waals surface area contributed by atoms with Crippen molar-refractivity contribution >= 4 is 5.91 Å². The Hall–Kier alpha value is -2.99. The van der Waals surface area contributed by atoms with Gasteiger partial charge < -0.3 is 10.6 Å². The molecule has 2 atom stereocenters. The fourth-order valence-electron chi connectivity index (χ4n) is 3.48. The van der Waals surface area contributed by atoms with Crippen molar-refractivity contribution in [2.45, 2.75) is 24.9 Å². The Balaban J connectivity index is 1.54. The van der Waals surface area contributed by atoms with Gasteiger partial charge in [0.2, 0.25) is 0 Å². The van der Waals surface area contributed by atoms with Gasteiger partial charge in [0.1, 0.15) is 5.69 Å². The molecule has 4 rings (SSSR count). The van der Waals surface area contributed by atoms with Gasteiger partial charge in [0.05, 0.1) is 12.1 Å². The van der Waals surface area contributed by atoms with E-state index in [-0.39, 0.29) is 11.9 Å². The number of nitrogens with one attached hydrogen (secondary N) is 2. The lowest BCUT2D eigenvalue weighted by atomic mass is 10.00. The van der Waals surface area contributed by atoms with Crippen LogP contribution in [0.5, 0.6) is 0 Å². The molecule has 2 N–H and O–H groups in total. The Bertz CT molecular complexity index is 832. The van der Waals surface area contributed by atoms with E-state index in [4.69, 9.17) is 0 Å². The second kappa shape index (κ2) is 8.14. The summed E-state index contributed by atoms with van der Waals surface area (Å²) in [6.07, 6.45) is 7.62. The van der Waals surface area contributed by atoms with Gasteiger partial charge >= 0.3 is 0 Å². The number of rotatable bonds is 5. The summed E-state index contributed by atoms with van der Waals surface area (Å²) in [6, 6.07) is 15.6. The first-order chi connectivity index (χ1) is 13.3. The summed E-state index contributed by atoms with van der Waals surface area (Å²) in [5, 5.41) is 11.0. The van der Waals surface area contributed by atoms with E-state index in [1.807, 2.05) is 53.3 Å². The molecule has 1 aromatic carbocycles. The Kier molecular flexibility index (Phi) is 5.25. The van der Waals surface area contributed by atoms with Crippen molar-refractivity contribution in [3.05, 3.63) is 83.9 Å². The maximum absolute atomic E-state index is 12.9. The molecule has 6 nitrogen and oxygen atoms in total. The van der Waals surface area contributed by atoms with Crippen molar-refractivity contribution in [1.82, 2.24) is 25.4 Å². The van der Waals surface area contributed by atoms with Crippen LogP contribution in [0, 0.1) is 0 Å². The minimum atomic E-state index is -0.270. The molecule has 0 aliphatic carbocycles. The fourth-order valence-corrected chi connectivity index (χ4v) is 3.48. The van der Waals surface area contributed by atoms with Crippen molar-refractivity contribution in [2.75, 3.05) is 13.1 Å². The smallest absolute Gasteiger partial charge is 0.272 e. The van der Waals surface area contributed by atoms with Gasteiger partial charge in [-0.15, -0.1) is 0 Å². The number of pyridine rings is 1. The number of hydrogen-bond acceptors (Lipinski definition) is 4. The van der Waals surface area contributed by atoms with Crippen molar-refractivity contribution in [3.63, 3.8) is 0 Å². The third-order valence-corrected chi connectivity index (χ3v) is 4.91. The Morgan fingerprint density at radius 1 is 1.15 bits per heavy atom. The maximum atomic E-state index is 12.9. The molecule has 2 unspecified atom stereocenters. The van der Waals surface area contributed by atoms with Crippen LogP contribution in [0.3, 0.4) is 0 Å². The molecule has 27 heavy (non-hydrogen) atoms. The average molecular weight is 361 g/mol. The molecule has 1 aliphatic heterocycles. The number of benzene rings is 1. The van der Waals surface area contributed by atoms with Gasteiger partial charge in [-0.2, -0.15) is 5.10 Å². The first-order valence-electron chi connectivity index (χ1n) is 9.33. The van der Waals surface area contributed by atoms with E-state index in [9.17, 15) is 4.79 Å². The van der Waals surface area contributed by atoms with Crippen LogP contribution < -0.4 is 10.6 Å². The van der Waals surface area contributed by atoms with Gasteiger partial charge in [0.15, 0.2) is 0 Å². The summed E-state index contributed by atoms with van der Waals surface area (Å²) in [6.45, 7) is 1.94. The van der Waals surface area contributed by atoms with Crippen LogP contribution in [-0.4, -0.2) is 33.8 Å². The molecule has 0 radical (unpaired) electrons. The molecule has 3 aromatic rings. The number of hydrogen-bond donors (Lipinski definition) is 2. The molecule has 1 saturated heterocycles. The number of nitrogens with zero attached hydrogens (tertiary/aromatic N) is 3. The highest BCUT2D eigenvalue weighted by molar-refractivity contribution is 5.92. The summed E-state index contributed by atoms with van der Waals surface area (Å²) in [5.41, 5.74) is 2.38. The minimum absolute atomic E-state index is 0.185. The van der Waals surface area contributed by atoms with Gasteiger partial charge in [0, 0.05) is 25.1 Å². The molecular formula is C21H23N5O. The van der Waals surface area contributed by atoms with E-state index in [2.05, 4.69) is 20.7 Å². The molecule has 3 heterocycles. The highest BCUT2D eigenvalue weighted by Gasteiger charge is 2.21. The van der Waals surface area contributed by atoms with Gasteiger partial charge in [-0.1, -0.05) is 36.4 Å². The fraction of sp³-hybridized carbons (Fsp3) is 0.286. The first kappa shape index (κ1) is 17.4. The highest BCUT2D eigenvalue weighted by Crippen LogP contribution is 2.22. The zero-order valence-corrected chi connectivity index (χ0v) is 15.1. The molecule has 0 spiro atoms. The van der Waals surface area contributed by atoms with Crippen molar-refractivity contribution < 1.29 is 4.79 Å². The van der Waals surface area contributed by atoms with Crippen LogP contribution in [0.4, 0.5) is 0 Å². The van der Waals surface area contributed by atoms with E-state index in [0.717, 1.165) is 37.1 Å². The summed E-state index contributed by atoms with van der Waals surface area (Å²) in [7, 11) is 0. The van der Waals surface area contributed by atoms with Crippen molar-refractivity contribution in [3.8, 4) is 0 Å². The predicted octanol–water partition coefficient (Wildman–Crippen LogP) is 2.72. The topological polar surface area (TPSA) is 71.8 Å². The van der Waals surface area contributed by atoms with Crippen molar-refractivity contribution in [2.24, 2.45) is 0 Å².